The fraction of sp³-hybridized carbons (Fsp3) is 0.393. The standard InChI is InChI=1S/C28H33N3O4/c1-4-5-15-24-29-26(32)25(27(33)30-17-16-21(18-30)20-11-7-6-8-12-20)28(34)31(24)19(2)22-13-9-10-14-23(22)35-3/h6-14,19,21,34H,4-5,15-18H2,1-3H3/t19-,21+/m0/s1. The first kappa shape index (κ1) is 24.5. The summed E-state index contributed by atoms with van der Waals surface area (Å²) in [6.45, 7) is 4.99. The van der Waals surface area contributed by atoms with Crippen LogP contribution in [-0.2, 0) is 6.42 Å². The number of rotatable bonds is 8. The number of ether oxygens (including phenoxy) is 1. The number of benzene rings is 2. The van der Waals surface area contributed by atoms with E-state index in [-0.39, 0.29) is 17.4 Å². The first-order chi connectivity index (χ1) is 17.0. The number of para-hydroxylation sites is 1. The summed E-state index contributed by atoms with van der Waals surface area (Å²) in [7, 11) is 1.60. The first-order valence-electron chi connectivity index (χ1n) is 12.3. The van der Waals surface area contributed by atoms with Gasteiger partial charge in [0, 0.05) is 31.0 Å². The molecule has 0 saturated carbocycles. The van der Waals surface area contributed by atoms with Crippen LogP contribution in [0, 0.1) is 0 Å². The van der Waals surface area contributed by atoms with Crippen molar-refractivity contribution in [2.24, 2.45) is 0 Å². The van der Waals surface area contributed by atoms with Crippen LogP contribution in [0.4, 0.5) is 0 Å². The molecule has 1 N–H and O–H groups in total. The van der Waals surface area contributed by atoms with Gasteiger partial charge in [0.25, 0.3) is 11.5 Å². The van der Waals surface area contributed by atoms with E-state index in [0.717, 1.165) is 24.8 Å². The summed E-state index contributed by atoms with van der Waals surface area (Å²) in [5.74, 6) is 0.531. The number of nitrogens with zero attached hydrogens (tertiary/aromatic N) is 3. The van der Waals surface area contributed by atoms with Gasteiger partial charge in [0.2, 0.25) is 5.88 Å². The van der Waals surface area contributed by atoms with E-state index in [2.05, 4.69) is 24.0 Å². The van der Waals surface area contributed by atoms with E-state index in [9.17, 15) is 14.7 Å². The van der Waals surface area contributed by atoms with Crippen LogP contribution in [0.25, 0.3) is 0 Å². The summed E-state index contributed by atoms with van der Waals surface area (Å²) in [5.41, 5.74) is 1.06. The Morgan fingerprint density at radius 3 is 2.60 bits per heavy atom. The number of aromatic nitrogens is 2. The molecule has 0 unspecified atom stereocenters. The summed E-state index contributed by atoms with van der Waals surface area (Å²) < 4.78 is 7.15. The topological polar surface area (TPSA) is 84.7 Å². The van der Waals surface area contributed by atoms with Crippen molar-refractivity contribution in [1.82, 2.24) is 14.5 Å². The van der Waals surface area contributed by atoms with Crippen molar-refractivity contribution in [3.63, 3.8) is 0 Å². The molecule has 1 saturated heterocycles. The molecular formula is C28H33N3O4. The minimum absolute atomic E-state index is 0.203. The SMILES string of the molecule is CCCCc1nc(=O)c(C(=O)N2CC[C@@H](c3ccccc3)C2)c(O)n1[C@@H](C)c1ccccc1OC. The molecule has 1 aliphatic heterocycles. The summed E-state index contributed by atoms with van der Waals surface area (Å²) in [6, 6.07) is 17.2. The zero-order chi connectivity index (χ0) is 24.9. The Hall–Kier alpha value is -3.61. The third-order valence-corrected chi connectivity index (χ3v) is 6.86. The monoisotopic (exact) mass is 475 g/mol. The Morgan fingerprint density at radius 1 is 1.17 bits per heavy atom. The second kappa shape index (κ2) is 10.8. The summed E-state index contributed by atoms with van der Waals surface area (Å²) >= 11 is 0. The number of unbranched alkanes of at least 4 members (excludes halogenated alkanes) is 1. The molecule has 4 rings (SSSR count). The van der Waals surface area contributed by atoms with Gasteiger partial charge in [-0.3, -0.25) is 14.2 Å². The molecule has 3 aromatic rings. The number of aromatic hydroxyl groups is 1. The summed E-state index contributed by atoms with van der Waals surface area (Å²) in [4.78, 5) is 32.5. The average molecular weight is 476 g/mol. The molecule has 2 aromatic carbocycles. The van der Waals surface area contributed by atoms with Crippen LogP contribution in [0.3, 0.4) is 0 Å². The number of likely N-dealkylation sites (tertiary alicyclic amines) is 1. The highest BCUT2D eigenvalue weighted by atomic mass is 16.5. The van der Waals surface area contributed by atoms with Crippen molar-refractivity contribution in [2.75, 3.05) is 20.2 Å². The molecule has 2 atom stereocenters. The van der Waals surface area contributed by atoms with Gasteiger partial charge in [-0.15, -0.1) is 0 Å². The van der Waals surface area contributed by atoms with Gasteiger partial charge < -0.3 is 14.7 Å². The fourth-order valence-corrected chi connectivity index (χ4v) is 4.92. The smallest absolute Gasteiger partial charge is 0.289 e. The number of carbonyl (C=O) groups excluding carboxylic acids is 1. The van der Waals surface area contributed by atoms with Crippen molar-refractivity contribution in [2.45, 2.75) is 51.5 Å². The van der Waals surface area contributed by atoms with E-state index >= 15 is 0 Å². The van der Waals surface area contributed by atoms with Gasteiger partial charge >= 0.3 is 0 Å². The lowest BCUT2D eigenvalue weighted by Crippen LogP contribution is -2.35. The molecular weight excluding hydrogens is 442 g/mol. The van der Waals surface area contributed by atoms with Crippen molar-refractivity contribution in [1.29, 1.82) is 0 Å². The second-order valence-corrected chi connectivity index (χ2v) is 9.07. The van der Waals surface area contributed by atoms with Crippen LogP contribution in [0.15, 0.2) is 59.4 Å². The van der Waals surface area contributed by atoms with E-state index in [1.54, 1.807) is 16.6 Å². The minimum Gasteiger partial charge on any atom is -0.496 e. The van der Waals surface area contributed by atoms with E-state index < -0.39 is 17.5 Å². The van der Waals surface area contributed by atoms with E-state index in [4.69, 9.17) is 4.74 Å². The van der Waals surface area contributed by atoms with E-state index in [0.29, 0.717) is 31.1 Å². The molecule has 7 nitrogen and oxygen atoms in total. The highest BCUT2D eigenvalue weighted by Gasteiger charge is 2.33. The Kier molecular flexibility index (Phi) is 7.54. The van der Waals surface area contributed by atoms with Gasteiger partial charge in [-0.25, -0.2) is 0 Å². The largest absolute Gasteiger partial charge is 0.496 e. The van der Waals surface area contributed by atoms with Gasteiger partial charge in [0.1, 0.15) is 11.6 Å². The lowest BCUT2D eigenvalue weighted by atomic mass is 9.99. The van der Waals surface area contributed by atoms with Crippen LogP contribution >= 0.6 is 0 Å². The van der Waals surface area contributed by atoms with Gasteiger partial charge in [0.15, 0.2) is 5.56 Å². The van der Waals surface area contributed by atoms with Crippen LogP contribution in [0.1, 0.15) is 72.4 Å². The van der Waals surface area contributed by atoms with E-state index in [1.165, 1.54) is 5.56 Å². The van der Waals surface area contributed by atoms with E-state index in [1.807, 2.05) is 49.4 Å². The summed E-state index contributed by atoms with van der Waals surface area (Å²) in [5, 5.41) is 11.4. The Labute approximate surface area is 206 Å². The van der Waals surface area contributed by atoms with Crippen LogP contribution in [0.2, 0.25) is 0 Å². The molecule has 7 heteroatoms. The van der Waals surface area contributed by atoms with Crippen LogP contribution < -0.4 is 10.3 Å². The molecule has 0 bridgehead atoms. The third-order valence-electron chi connectivity index (χ3n) is 6.86. The summed E-state index contributed by atoms with van der Waals surface area (Å²) in [6.07, 6.45) is 3.05. The van der Waals surface area contributed by atoms with Gasteiger partial charge in [-0.2, -0.15) is 4.98 Å². The third kappa shape index (κ3) is 4.94. The minimum atomic E-state index is -0.676. The fourth-order valence-electron chi connectivity index (χ4n) is 4.92. The molecule has 0 spiro atoms. The predicted molar refractivity (Wildman–Crippen MR) is 135 cm³/mol. The number of aryl methyl sites for hydroxylation is 1. The molecule has 0 radical (unpaired) electrons. The van der Waals surface area contributed by atoms with Crippen LogP contribution in [-0.4, -0.2) is 45.7 Å². The lowest BCUT2D eigenvalue weighted by Gasteiger charge is -2.25. The average Bonchev–Trinajstić information content (AvgIpc) is 3.38. The maximum absolute atomic E-state index is 13.5. The second-order valence-electron chi connectivity index (χ2n) is 9.07. The molecule has 1 aliphatic rings. The number of hydrogen-bond acceptors (Lipinski definition) is 5. The molecule has 184 valence electrons. The Balaban J connectivity index is 1.73. The molecule has 1 amide bonds. The zero-order valence-electron chi connectivity index (χ0n) is 20.6. The van der Waals surface area contributed by atoms with Crippen LogP contribution in [0.5, 0.6) is 11.6 Å². The highest BCUT2D eigenvalue weighted by Crippen LogP contribution is 2.33. The molecule has 2 heterocycles. The number of hydrogen-bond donors (Lipinski definition) is 1. The Bertz CT molecular complexity index is 1240. The Morgan fingerprint density at radius 2 is 1.89 bits per heavy atom. The maximum atomic E-state index is 13.5. The highest BCUT2D eigenvalue weighted by molar-refractivity contribution is 5.96. The van der Waals surface area contributed by atoms with Crippen molar-refractivity contribution < 1.29 is 14.6 Å². The van der Waals surface area contributed by atoms with Gasteiger partial charge in [-0.05, 0) is 31.4 Å². The number of methoxy groups -OCH3 is 1. The van der Waals surface area contributed by atoms with Gasteiger partial charge in [-0.1, -0.05) is 61.9 Å². The zero-order valence-corrected chi connectivity index (χ0v) is 20.6. The molecule has 1 fully saturated rings. The first-order valence-corrected chi connectivity index (χ1v) is 12.3. The predicted octanol–water partition coefficient (Wildman–Crippen LogP) is 4.54. The van der Waals surface area contributed by atoms with Crippen molar-refractivity contribution >= 4 is 5.91 Å². The normalized spacial score (nSPS) is 16.3. The van der Waals surface area contributed by atoms with Crippen molar-refractivity contribution in [3.05, 3.63) is 87.5 Å². The number of amides is 1. The molecule has 1 aromatic heterocycles. The quantitative estimate of drug-likeness (QED) is 0.517. The molecule has 0 aliphatic carbocycles. The number of carbonyl (C=O) groups is 1. The maximum Gasteiger partial charge on any atom is 0.289 e. The lowest BCUT2D eigenvalue weighted by molar-refractivity contribution is 0.0783. The van der Waals surface area contributed by atoms with Gasteiger partial charge in [0.05, 0.1) is 13.2 Å². The van der Waals surface area contributed by atoms with Crippen molar-refractivity contribution in [3.8, 4) is 11.6 Å². The molecule has 35 heavy (non-hydrogen) atoms.